The maximum absolute atomic E-state index is 10.0. The molecule has 0 unspecified atom stereocenters. The molecular formula is C17H22BN3O2S. The van der Waals surface area contributed by atoms with Gasteiger partial charge in [-0.15, -0.1) is 0 Å². The second-order valence-electron chi connectivity index (χ2n) is 7.06. The predicted molar refractivity (Wildman–Crippen MR) is 99.6 cm³/mol. The molecule has 5 nitrogen and oxygen atoms in total. The zero-order valence-corrected chi connectivity index (χ0v) is 14.8. The summed E-state index contributed by atoms with van der Waals surface area (Å²) in [5.41, 5.74) is 3.15. The van der Waals surface area contributed by atoms with Crippen molar-refractivity contribution in [2.45, 2.75) is 32.7 Å². The largest absolute Gasteiger partial charge is 0.552 e. The first-order chi connectivity index (χ1) is 11.6. The molecule has 0 saturated heterocycles. The summed E-state index contributed by atoms with van der Waals surface area (Å²) < 4.78 is 9.12. The molecule has 7 heteroatoms. The van der Waals surface area contributed by atoms with E-state index in [1.807, 2.05) is 30.2 Å². The molecule has 3 heterocycles. The van der Waals surface area contributed by atoms with Crippen LogP contribution in [0.5, 0.6) is 5.75 Å². The molecule has 0 spiro atoms. The summed E-state index contributed by atoms with van der Waals surface area (Å²) in [4.78, 5) is 7.52. The third kappa shape index (κ3) is 2.96. The van der Waals surface area contributed by atoms with Crippen molar-refractivity contribution in [3.8, 4) is 5.75 Å². The highest BCUT2D eigenvalue weighted by Gasteiger charge is 2.37. The average Bonchev–Trinajstić information content (AvgIpc) is 2.96. The van der Waals surface area contributed by atoms with Crippen molar-refractivity contribution in [1.82, 2.24) is 14.7 Å². The molecule has 2 aliphatic rings. The molecule has 4 rings (SSSR count). The number of pyridine rings is 1. The average molecular weight is 343 g/mol. The molecule has 1 aliphatic heterocycles. The van der Waals surface area contributed by atoms with Crippen LogP contribution in [0.25, 0.3) is 16.6 Å². The Morgan fingerprint density at radius 2 is 2.33 bits per heavy atom. The van der Waals surface area contributed by atoms with Gasteiger partial charge in [-0.25, -0.2) is 4.98 Å². The minimum Gasteiger partial charge on any atom is -0.531 e. The van der Waals surface area contributed by atoms with Gasteiger partial charge < -0.3 is 14.7 Å². The molecule has 126 valence electrons. The van der Waals surface area contributed by atoms with Crippen molar-refractivity contribution in [3.63, 3.8) is 0 Å². The van der Waals surface area contributed by atoms with Gasteiger partial charge in [-0.2, -0.15) is 0 Å². The van der Waals surface area contributed by atoms with E-state index in [1.165, 1.54) is 5.57 Å². The summed E-state index contributed by atoms with van der Waals surface area (Å²) in [6, 6.07) is 2.58. The number of hydrogen-bond acceptors (Lipinski definition) is 5. The Hall–Kier alpha value is -1.44. The summed E-state index contributed by atoms with van der Waals surface area (Å²) in [6.45, 7) is 4.47. The van der Waals surface area contributed by atoms with Crippen LogP contribution in [0.3, 0.4) is 0 Å². The molecule has 2 aromatic rings. The van der Waals surface area contributed by atoms with E-state index in [2.05, 4.69) is 28.5 Å². The van der Waals surface area contributed by atoms with Crippen molar-refractivity contribution in [2.24, 2.45) is 11.8 Å². The van der Waals surface area contributed by atoms with E-state index in [4.69, 9.17) is 4.65 Å². The second-order valence-corrected chi connectivity index (χ2v) is 7.91. The Bertz CT molecular complexity index is 770. The van der Waals surface area contributed by atoms with Crippen LogP contribution >= 0.6 is 11.9 Å². The molecule has 0 radical (unpaired) electrons. The Kier molecular flexibility index (Phi) is 4.32. The first kappa shape index (κ1) is 16.1. The van der Waals surface area contributed by atoms with E-state index in [0.717, 1.165) is 35.2 Å². The van der Waals surface area contributed by atoms with Crippen molar-refractivity contribution >= 4 is 35.7 Å². The number of hydrogen-bond donors (Lipinski definition) is 3. The van der Waals surface area contributed by atoms with Crippen LogP contribution in [0.4, 0.5) is 0 Å². The Morgan fingerprint density at radius 3 is 3.12 bits per heavy atom. The molecule has 0 bridgehead atoms. The summed E-state index contributed by atoms with van der Waals surface area (Å²) in [5, 5.41) is 11.1. The zero-order valence-electron chi connectivity index (χ0n) is 14.0. The van der Waals surface area contributed by atoms with Gasteiger partial charge in [0.1, 0.15) is 11.4 Å². The van der Waals surface area contributed by atoms with E-state index in [9.17, 15) is 5.02 Å². The molecule has 1 saturated carbocycles. The molecular weight excluding hydrogens is 321 g/mol. The second kappa shape index (κ2) is 6.46. The normalized spacial score (nSPS) is 23.0. The van der Waals surface area contributed by atoms with E-state index in [-0.39, 0.29) is 0 Å². The van der Waals surface area contributed by atoms with E-state index >= 15 is 0 Å². The monoisotopic (exact) mass is 343 g/mol. The van der Waals surface area contributed by atoms with Gasteiger partial charge in [0.15, 0.2) is 0 Å². The van der Waals surface area contributed by atoms with Crippen molar-refractivity contribution in [3.05, 3.63) is 30.0 Å². The highest BCUT2D eigenvalue weighted by Crippen LogP contribution is 2.46. The number of H-pyrrole nitrogens is 1. The highest BCUT2D eigenvalue weighted by molar-refractivity contribution is 7.97. The number of fused-ring (bicyclic) bond motifs is 3. The van der Waals surface area contributed by atoms with Crippen LogP contribution in [0.2, 0.25) is 0 Å². The van der Waals surface area contributed by atoms with Crippen LogP contribution in [-0.2, 0) is 0 Å². The van der Waals surface area contributed by atoms with Crippen LogP contribution in [-0.4, -0.2) is 33.9 Å². The van der Waals surface area contributed by atoms with Gasteiger partial charge in [0.25, 0.3) is 0 Å². The summed E-state index contributed by atoms with van der Waals surface area (Å²) in [7, 11) is -0.881. The fourth-order valence-corrected chi connectivity index (χ4v) is 4.28. The highest BCUT2D eigenvalue weighted by atomic mass is 32.2. The number of nitrogens with one attached hydrogen (secondary N) is 2. The zero-order chi connectivity index (χ0) is 16.7. The molecule has 0 atom stereocenters. The van der Waals surface area contributed by atoms with Crippen LogP contribution < -0.4 is 9.38 Å². The van der Waals surface area contributed by atoms with Gasteiger partial charge in [-0.3, -0.25) is 4.72 Å². The lowest BCUT2D eigenvalue weighted by Gasteiger charge is -2.39. The predicted octanol–water partition coefficient (Wildman–Crippen LogP) is 3.03. The van der Waals surface area contributed by atoms with Crippen LogP contribution in [0.1, 0.15) is 32.3 Å². The number of aromatic nitrogens is 2. The van der Waals surface area contributed by atoms with Crippen molar-refractivity contribution < 1.29 is 9.68 Å². The molecule has 1 fully saturated rings. The lowest BCUT2D eigenvalue weighted by molar-refractivity contribution is 0.315. The summed E-state index contributed by atoms with van der Waals surface area (Å²) in [5.74, 6) is 4.83. The summed E-state index contributed by atoms with van der Waals surface area (Å²) in [6.07, 6.45) is 5.79. The quantitative estimate of drug-likeness (QED) is 0.575. The third-order valence-electron chi connectivity index (χ3n) is 4.65. The van der Waals surface area contributed by atoms with Gasteiger partial charge >= 0.3 is 7.12 Å². The van der Waals surface area contributed by atoms with Crippen molar-refractivity contribution in [1.29, 1.82) is 0 Å². The van der Waals surface area contributed by atoms with E-state index < -0.39 is 7.12 Å². The minimum atomic E-state index is -0.881. The summed E-state index contributed by atoms with van der Waals surface area (Å²) >= 11 is 1.83. The lowest BCUT2D eigenvalue weighted by Crippen LogP contribution is -2.40. The molecule has 0 aromatic carbocycles. The minimum absolute atomic E-state index is 0.458. The Morgan fingerprint density at radius 1 is 1.50 bits per heavy atom. The fourth-order valence-electron chi connectivity index (χ4n) is 3.42. The standard InChI is InChI=1S/C17H22BN3O2S/c1-10(2)9-24-21-12-5-11(6-12)14-7-18(22)23-15-8-20-17-13(16(14)15)3-4-19-17/h3-4,7-8,10-12,21-22H,5-6,9H2,1-2H3,(H,19,20). The van der Waals surface area contributed by atoms with Gasteiger partial charge in [-0.05, 0) is 42.3 Å². The smallest absolute Gasteiger partial charge is 0.531 e. The maximum Gasteiger partial charge on any atom is 0.552 e. The number of nitrogens with zero attached hydrogens (tertiary/aromatic N) is 1. The number of allylic oxidation sites excluding steroid dienone is 1. The first-order valence-electron chi connectivity index (χ1n) is 8.52. The van der Waals surface area contributed by atoms with Crippen LogP contribution in [0, 0.1) is 11.8 Å². The first-order valence-corrected chi connectivity index (χ1v) is 9.50. The lowest BCUT2D eigenvalue weighted by atomic mass is 9.68. The third-order valence-corrected chi connectivity index (χ3v) is 5.99. The molecule has 0 amide bonds. The molecule has 3 N–H and O–H groups in total. The van der Waals surface area contributed by atoms with E-state index in [1.54, 1.807) is 6.20 Å². The SMILES string of the molecule is CC(C)CSNC1CC(C2=CB(O)Oc3cnc4[nH]ccc4c32)C1. The Balaban J connectivity index is 1.51. The van der Waals surface area contributed by atoms with Crippen molar-refractivity contribution in [2.75, 3.05) is 5.75 Å². The number of rotatable bonds is 5. The van der Waals surface area contributed by atoms with Crippen LogP contribution in [0.15, 0.2) is 24.4 Å². The van der Waals surface area contributed by atoms with Gasteiger partial charge in [-0.1, -0.05) is 25.8 Å². The fraction of sp³-hybridized carbons (Fsp3) is 0.471. The van der Waals surface area contributed by atoms with Gasteiger partial charge in [0, 0.05) is 28.9 Å². The number of aromatic amines is 1. The maximum atomic E-state index is 10.0. The van der Waals surface area contributed by atoms with Gasteiger partial charge in [0.2, 0.25) is 0 Å². The molecule has 1 aliphatic carbocycles. The molecule has 24 heavy (non-hydrogen) atoms. The topological polar surface area (TPSA) is 70.2 Å². The van der Waals surface area contributed by atoms with Gasteiger partial charge in [0.05, 0.1) is 6.20 Å². The molecule has 2 aromatic heterocycles. The van der Waals surface area contributed by atoms with E-state index in [0.29, 0.717) is 23.6 Å². The Labute approximate surface area is 146 Å².